The van der Waals surface area contributed by atoms with Crippen molar-refractivity contribution < 1.29 is 22.5 Å². The van der Waals surface area contributed by atoms with Gasteiger partial charge in [0.15, 0.2) is 0 Å². The van der Waals surface area contributed by atoms with Crippen LogP contribution in [0.2, 0.25) is 0 Å². The monoisotopic (exact) mass is 318 g/mol. The van der Waals surface area contributed by atoms with Gasteiger partial charge >= 0.3 is 6.18 Å². The molecule has 0 saturated carbocycles. The van der Waals surface area contributed by atoms with E-state index in [4.69, 9.17) is 0 Å². The zero-order chi connectivity index (χ0) is 15.3. The number of alkyl halides is 3. The fourth-order valence-corrected chi connectivity index (χ4v) is 5.73. The fourth-order valence-electron chi connectivity index (χ4n) is 3.50. The molecule has 2 fully saturated rings. The maximum atomic E-state index is 12.8. The number of halogens is 3. The van der Waals surface area contributed by atoms with Crippen LogP contribution in [-0.2, 0) is 22.6 Å². The highest BCUT2D eigenvalue weighted by atomic mass is 32.2. The van der Waals surface area contributed by atoms with Crippen LogP contribution in [0.3, 0.4) is 0 Å². The number of rotatable bonds is 1. The van der Waals surface area contributed by atoms with Crippen molar-refractivity contribution in [3.05, 3.63) is 35.4 Å². The van der Waals surface area contributed by atoms with Gasteiger partial charge in [-0.25, -0.2) is 0 Å². The zero-order valence-electron chi connectivity index (χ0n) is 11.4. The Hall–Kier alpha value is -0.880. The average molecular weight is 318 g/mol. The predicted molar refractivity (Wildman–Crippen MR) is 74.1 cm³/mol. The molecule has 0 amide bonds. The smallest absolute Gasteiger partial charge is 0.385 e. The summed E-state index contributed by atoms with van der Waals surface area (Å²) in [4.78, 5) is 0. The Morgan fingerprint density at radius 1 is 1.19 bits per heavy atom. The van der Waals surface area contributed by atoms with Gasteiger partial charge in [0.25, 0.3) is 0 Å². The van der Waals surface area contributed by atoms with Crippen LogP contribution in [0, 0.1) is 0 Å². The van der Waals surface area contributed by atoms with Crippen LogP contribution < -0.4 is 0 Å². The lowest BCUT2D eigenvalue weighted by atomic mass is 9.80. The molecule has 2 nitrogen and oxygen atoms in total. The molecule has 2 unspecified atom stereocenters. The first-order valence-corrected chi connectivity index (χ1v) is 8.37. The van der Waals surface area contributed by atoms with E-state index in [9.17, 15) is 22.5 Å². The van der Waals surface area contributed by atoms with Crippen LogP contribution in [0.1, 0.15) is 43.2 Å². The molecule has 0 radical (unpaired) electrons. The SMILES string of the molecule is O=S1C2CCCC1CC(O)(c1cccc(C(F)(F)F)c1)C2. The Bertz CT molecular complexity index is 554. The molecule has 0 aliphatic carbocycles. The number of hydrogen-bond donors (Lipinski definition) is 1. The molecule has 2 atom stereocenters. The maximum absolute atomic E-state index is 12.8. The highest BCUT2D eigenvalue weighted by molar-refractivity contribution is 7.86. The van der Waals surface area contributed by atoms with E-state index >= 15 is 0 Å². The summed E-state index contributed by atoms with van der Waals surface area (Å²) >= 11 is 0. The van der Waals surface area contributed by atoms with Gasteiger partial charge in [0.1, 0.15) is 0 Å². The van der Waals surface area contributed by atoms with Crippen molar-refractivity contribution in [3.8, 4) is 0 Å². The van der Waals surface area contributed by atoms with Crippen LogP contribution in [-0.4, -0.2) is 19.8 Å². The quantitative estimate of drug-likeness (QED) is 0.862. The van der Waals surface area contributed by atoms with E-state index in [1.165, 1.54) is 6.07 Å². The second-order valence-corrected chi connectivity index (χ2v) is 8.01. The van der Waals surface area contributed by atoms with Gasteiger partial charge in [-0.1, -0.05) is 18.6 Å². The number of aliphatic hydroxyl groups is 1. The van der Waals surface area contributed by atoms with Gasteiger partial charge in [-0.05, 0) is 43.4 Å². The Kier molecular flexibility index (Phi) is 3.64. The molecule has 1 aromatic rings. The van der Waals surface area contributed by atoms with E-state index in [1.807, 2.05) is 0 Å². The van der Waals surface area contributed by atoms with Crippen molar-refractivity contribution >= 4 is 10.8 Å². The summed E-state index contributed by atoms with van der Waals surface area (Å²) in [5.74, 6) is 0. The van der Waals surface area contributed by atoms with Gasteiger partial charge in [0, 0.05) is 21.3 Å². The minimum atomic E-state index is -4.42. The minimum absolute atomic E-state index is 0.1000. The van der Waals surface area contributed by atoms with Crippen LogP contribution >= 0.6 is 0 Å². The van der Waals surface area contributed by atoms with E-state index in [0.29, 0.717) is 5.56 Å². The topological polar surface area (TPSA) is 37.3 Å². The highest BCUT2D eigenvalue weighted by Gasteiger charge is 2.46. The summed E-state index contributed by atoms with van der Waals surface area (Å²) in [6.45, 7) is 0. The van der Waals surface area contributed by atoms with Gasteiger partial charge in [0.2, 0.25) is 0 Å². The number of benzene rings is 1. The first-order valence-electron chi connectivity index (χ1n) is 7.09. The normalized spacial score (nSPS) is 36.5. The molecular weight excluding hydrogens is 301 g/mol. The van der Waals surface area contributed by atoms with Gasteiger partial charge < -0.3 is 5.11 Å². The number of hydrogen-bond acceptors (Lipinski definition) is 2. The summed E-state index contributed by atoms with van der Waals surface area (Å²) < 4.78 is 50.6. The molecule has 0 aromatic heterocycles. The molecule has 2 aliphatic rings. The molecule has 1 aromatic carbocycles. The maximum Gasteiger partial charge on any atom is 0.416 e. The molecule has 1 N–H and O–H groups in total. The van der Waals surface area contributed by atoms with Crippen molar-refractivity contribution in [1.82, 2.24) is 0 Å². The minimum Gasteiger partial charge on any atom is -0.385 e. The number of fused-ring (bicyclic) bond motifs is 2. The van der Waals surface area contributed by atoms with Crippen LogP contribution in [0.15, 0.2) is 24.3 Å². The van der Waals surface area contributed by atoms with Gasteiger partial charge in [-0.3, -0.25) is 4.21 Å². The Morgan fingerprint density at radius 3 is 2.38 bits per heavy atom. The van der Waals surface area contributed by atoms with Crippen molar-refractivity contribution in [2.75, 3.05) is 0 Å². The molecule has 116 valence electrons. The van der Waals surface area contributed by atoms with E-state index in [1.54, 1.807) is 6.07 Å². The summed E-state index contributed by atoms with van der Waals surface area (Å²) in [6, 6.07) is 4.91. The largest absolute Gasteiger partial charge is 0.416 e. The van der Waals surface area contributed by atoms with Crippen LogP contribution in [0.25, 0.3) is 0 Å². The highest BCUT2D eigenvalue weighted by Crippen LogP contribution is 2.45. The van der Waals surface area contributed by atoms with E-state index in [0.717, 1.165) is 31.4 Å². The third-order valence-corrected chi connectivity index (χ3v) is 6.69. The molecule has 2 bridgehead atoms. The van der Waals surface area contributed by atoms with Gasteiger partial charge in [-0.15, -0.1) is 0 Å². The first-order chi connectivity index (χ1) is 9.79. The summed E-state index contributed by atoms with van der Waals surface area (Å²) in [7, 11) is -0.961. The van der Waals surface area contributed by atoms with E-state index in [2.05, 4.69) is 0 Å². The molecule has 3 rings (SSSR count). The summed E-state index contributed by atoms with van der Waals surface area (Å²) in [5, 5.41) is 10.7. The van der Waals surface area contributed by atoms with E-state index in [-0.39, 0.29) is 23.3 Å². The predicted octanol–water partition coefficient (Wildman–Crippen LogP) is 3.36. The van der Waals surface area contributed by atoms with Gasteiger partial charge in [0.05, 0.1) is 11.2 Å². The van der Waals surface area contributed by atoms with Gasteiger partial charge in [-0.2, -0.15) is 13.2 Å². The summed E-state index contributed by atoms with van der Waals surface area (Å²) in [6.07, 6.45) is -1.29. The second kappa shape index (κ2) is 5.09. The van der Waals surface area contributed by atoms with Crippen LogP contribution in [0.5, 0.6) is 0 Å². The third-order valence-electron chi connectivity index (χ3n) is 4.57. The standard InChI is InChI=1S/C15H17F3O2S/c16-15(17,18)11-4-1-3-10(7-11)14(19)8-12-5-2-6-13(9-14)21(12)20/h1,3-4,7,12-13,19H,2,5-6,8-9H2. The lowest BCUT2D eigenvalue weighted by molar-refractivity contribution is -0.137. The lowest BCUT2D eigenvalue weighted by Crippen LogP contribution is -2.47. The molecular formula is C15H17F3O2S. The average Bonchev–Trinajstić information content (AvgIpc) is 2.40. The van der Waals surface area contributed by atoms with Crippen molar-refractivity contribution in [1.29, 1.82) is 0 Å². The van der Waals surface area contributed by atoms with Crippen molar-refractivity contribution in [2.24, 2.45) is 0 Å². The zero-order valence-corrected chi connectivity index (χ0v) is 12.2. The Balaban J connectivity index is 1.94. The third kappa shape index (κ3) is 2.75. The van der Waals surface area contributed by atoms with Crippen LogP contribution in [0.4, 0.5) is 13.2 Å². The Morgan fingerprint density at radius 2 is 1.81 bits per heavy atom. The first kappa shape index (κ1) is 15.0. The van der Waals surface area contributed by atoms with Crippen molar-refractivity contribution in [2.45, 2.75) is 54.4 Å². The molecule has 6 heteroatoms. The fraction of sp³-hybridized carbons (Fsp3) is 0.600. The van der Waals surface area contributed by atoms with Crippen molar-refractivity contribution in [3.63, 3.8) is 0 Å². The molecule has 2 aliphatic heterocycles. The summed E-state index contributed by atoms with van der Waals surface area (Å²) in [5.41, 5.74) is -1.73. The lowest BCUT2D eigenvalue weighted by Gasteiger charge is -2.43. The van der Waals surface area contributed by atoms with E-state index < -0.39 is 28.1 Å². The molecule has 0 spiro atoms. The second-order valence-electron chi connectivity index (χ2n) is 6.02. The molecule has 2 heterocycles. The Labute approximate surface area is 123 Å². The molecule has 21 heavy (non-hydrogen) atoms. The molecule has 2 saturated heterocycles.